The predicted octanol–water partition coefficient (Wildman–Crippen LogP) is 3.66. The van der Waals surface area contributed by atoms with E-state index >= 15 is 0 Å². The summed E-state index contributed by atoms with van der Waals surface area (Å²) in [4.78, 5) is 0. The highest BCUT2D eigenvalue weighted by Gasteiger charge is 2.48. The zero-order chi connectivity index (χ0) is 14.0. The summed E-state index contributed by atoms with van der Waals surface area (Å²) in [6.45, 7) is 1.51. The Morgan fingerprint density at radius 2 is 2.00 bits per heavy atom. The minimum absolute atomic E-state index is 0.0651. The summed E-state index contributed by atoms with van der Waals surface area (Å²) in [6, 6.07) is 5.84. The molecule has 0 amide bonds. The highest BCUT2D eigenvalue weighted by Crippen LogP contribution is 2.32. The number of halogens is 4. The van der Waals surface area contributed by atoms with Crippen molar-refractivity contribution in [1.29, 1.82) is 0 Å². The Hall–Kier alpha value is -0.790. The van der Waals surface area contributed by atoms with E-state index in [1.165, 1.54) is 31.2 Å². The SMILES string of the molecule is CCC(OS(=O)(=O)C(F)(F)F)c1cccc(Cl)c1. The predicted molar refractivity (Wildman–Crippen MR) is 60.5 cm³/mol. The van der Waals surface area contributed by atoms with Crippen molar-refractivity contribution in [2.75, 3.05) is 0 Å². The van der Waals surface area contributed by atoms with Gasteiger partial charge in [-0.3, -0.25) is 4.18 Å². The van der Waals surface area contributed by atoms with Gasteiger partial charge >= 0.3 is 15.6 Å². The number of alkyl halides is 3. The van der Waals surface area contributed by atoms with Crippen LogP contribution in [-0.4, -0.2) is 13.9 Å². The molecular formula is C10H10ClF3O3S. The molecule has 102 valence electrons. The first-order valence-electron chi connectivity index (χ1n) is 4.92. The fraction of sp³-hybridized carbons (Fsp3) is 0.400. The largest absolute Gasteiger partial charge is 0.523 e. The molecular weight excluding hydrogens is 293 g/mol. The van der Waals surface area contributed by atoms with E-state index in [1.54, 1.807) is 0 Å². The molecule has 0 aliphatic rings. The average molecular weight is 303 g/mol. The minimum Gasteiger partial charge on any atom is -0.255 e. The smallest absolute Gasteiger partial charge is 0.255 e. The van der Waals surface area contributed by atoms with Crippen molar-refractivity contribution in [3.05, 3.63) is 34.9 Å². The lowest BCUT2D eigenvalue weighted by molar-refractivity contribution is -0.0576. The molecule has 0 saturated carbocycles. The maximum Gasteiger partial charge on any atom is 0.523 e. The van der Waals surface area contributed by atoms with Crippen molar-refractivity contribution in [2.24, 2.45) is 0 Å². The molecule has 0 N–H and O–H groups in total. The van der Waals surface area contributed by atoms with Crippen LogP contribution >= 0.6 is 11.6 Å². The van der Waals surface area contributed by atoms with Gasteiger partial charge in [-0.25, -0.2) is 0 Å². The van der Waals surface area contributed by atoms with Crippen LogP contribution in [0.15, 0.2) is 24.3 Å². The monoisotopic (exact) mass is 302 g/mol. The maximum absolute atomic E-state index is 12.2. The zero-order valence-corrected chi connectivity index (χ0v) is 10.8. The number of rotatable bonds is 4. The van der Waals surface area contributed by atoms with E-state index in [0.717, 1.165) is 0 Å². The van der Waals surface area contributed by atoms with Crippen LogP contribution in [-0.2, 0) is 14.3 Å². The third-order valence-electron chi connectivity index (χ3n) is 2.12. The molecule has 0 heterocycles. The summed E-state index contributed by atoms with van der Waals surface area (Å²) < 4.78 is 62.5. The van der Waals surface area contributed by atoms with Crippen LogP contribution < -0.4 is 0 Å². The van der Waals surface area contributed by atoms with Crippen LogP contribution in [0.3, 0.4) is 0 Å². The molecule has 18 heavy (non-hydrogen) atoms. The third-order valence-corrected chi connectivity index (χ3v) is 3.41. The van der Waals surface area contributed by atoms with Gasteiger partial charge in [-0.1, -0.05) is 30.7 Å². The van der Waals surface area contributed by atoms with Crippen molar-refractivity contribution in [3.63, 3.8) is 0 Å². The van der Waals surface area contributed by atoms with E-state index in [4.69, 9.17) is 11.6 Å². The van der Waals surface area contributed by atoms with E-state index in [-0.39, 0.29) is 12.0 Å². The molecule has 3 nitrogen and oxygen atoms in total. The molecule has 1 rings (SSSR count). The Bertz CT molecular complexity index is 513. The first kappa shape index (κ1) is 15.3. The fourth-order valence-corrected chi connectivity index (χ4v) is 2.13. The molecule has 1 unspecified atom stereocenters. The second-order valence-corrected chi connectivity index (χ2v) is 5.45. The summed E-state index contributed by atoms with van der Waals surface area (Å²) in [5.74, 6) is 0. The molecule has 0 aromatic heterocycles. The van der Waals surface area contributed by atoms with E-state index in [2.05, 4.69) is 4.18 Å². The van der Waals surface area contributed by atoms with Crippen molar-refractivity contribution in [3.8, 4) is 0 Å². The van der Waals surface area contributed by atoms with E-state index in [1.807, 2.05) is 0 Å². The lowest BCUT2D eigenvalue weighted by Gasteiger charge is -2.17. The highest BCUT2D eigenvalue weighted by molar-refractivity contribution is 7.87. The van der Waals surface area contributed by atoms with Crippen LogP contribution in [0.5, 0.6) is 0 Å². The van der Waals surface area contributed by atoms with Crippen molar-refractivity contribution in [1.82, 2.24) is 0 Å². The van der Waals surface area contributed by atoms with Gasteiger partial charge in [0.15, 0.2) is 0 Å². The third kappa shape index (κ3) is 3.60. The van der Waals surface area contributed by atoms with E-state index in [9.17, 15) is 21.6 Å². The van der Waals surface area contributed by atoms with Gasteiger partial charge in [-0.15, -0.1) is 0 Å². The Balaban J connectivity index is 3.00. The lowest BCUT2D eigenvalue weighted by atomic mass is 10.1. The number of hydrogen-bond donors (Lipinski definition) is 0. The van der Waals surface area contributed by atoms with Gasteiger partial charge in [0.25, 0.3) is 0 Å². The Morgan fingerprint density at radius 1 is 1.39 bits per heavy atom. The Morgan fingerprint density at radius 3 is 2.44 bits per heavy atom. The molecule has 0 aliphatic heterocycles. The molecule has 8 heteroatoms. The average Bonchev–Trinajstić information content (AvgIpc) is 2.24. The number of hydrogen-bond acceptors (Lipinski definition) is 3. The molecule has 1 aromatic rings. The van der Waals surface area contributed by atoms with Crippen molar-refractivity contribution >= 4 is 21.7 Å². The van der Waals surface area contributed by atoms with Gasteiger partial charge in [-0.05, 0) is 24.1 Å². The first-order valence-corrected chi connectivity index (χ1v) is 6.71. The summed E-state index contributed by atoms with van der Waals surface area (Å²) in [6.07, 6.45) is -1.15. The molecule has 1 aromatic carbocycles. The molecule has 0 bridgehead atoms. The highest BCUT2D eigenvalue weighted by atomic mass is 35.5. The van der Waals surface area contributed by atoms with Crippen molar-refractivity contribution in [2.45, 2.75) is 25.0 Å². The van der Waals surface area contributed by atoms with Crippen LogP contribution in [0.4, 0.5) is 13.2 Å². The van der Waals surface area contributed by atoms with Gasteiger partial charge < -0.3 is 0 Å². The molecule has 0 radical (unpaired) electrons. The van der Waals surface area contributed by atoms with Gasteiger partial charge in [-0.2, -0.15) is 21.6 Å². The molecule has 0 spiro atoms. The Kier molecular flexibility index (Phi) is 4.63. The quantitative estimate of drug-likeness (QED) is 0.630. The number of benzene rings is 1. The maximum atomic E-state index is 12.2. The molecule has 1 atom stereocenters. The molecule has 0 fully saturated rings. The summed E-state index contributed by atoms with van der Waals surface area (Å²) in [5, 5.41) is 0.291. The fourth-order valence-electron chi connectivity index (χ4n) is 1.27. The molecule has 0 aliphatic carbocycles. The second kappa shape index (κ2) is 5.46. The van der Waals surface area contributed by atoms with Crippen LogP contribution in [0.2, 0.25) is 5.02 Å². The van der Waals surface area contributed by atoms with Crippen molar-refractivity contribution < 1.29 is 25.8 Å². The van der Waals surface area contributed by atoms with Crippen LogP contribution in [0.25, 0.3) is 0 Å². The Labute approximate surface area is 108 Å². The summed E-state index contributed by atoms with van der Waals surface area (Å²) in [5.41, 5.74) is -5.16. The molecule has 0 saturated heterocycles. The van der Waals surface area contributed by atoms with Gasteiger partial charge in [0.05, 0.1) is 0 Å². The zero-order valence-electron chi connectivity index (χ0n) is 9.24. The standard InChI is InChI=1S/C10H10ClF3O3S/c1-2-9(7-4-3-5-8(11)6-7)17-18(15,16)10(12,13)14/h3-6,9H,2H2,1H3. The first-order chi connectivity index (χ1) is 8.17. The van der Waals surface area contributed by atoms with Gasteiger partial charge in [0.2, 0.25) is 0 Å². The normalized spacial score (nSPS) is 14.5. The lowest BCUT2D eigenvalue weighted by Crippen LogP contribution is -2.27. The van der Waals surface area contributed by atoms with Gasteiger partial charge in [0, 0.05) is 5.02 Å². The van der Waals surface area contributed by atoms with Crippen LogP contribution in [0.1, 0.15) is 25.0 Å². The summed E-state index contributed by atoms with van der Waals surface area (Å²) in [7, 11) is -5.61. The van der Waals surface area contributed by atoms with Crippen LogP contribution in [0, 0.1) is 0 Å². The topological polar surface area (TPSA) is 43.4 Å². The van der Waals surface area contributed by atoms with E-state index in [0.29, 0.717) is 5.02 Å². The summed E-state index contributed by atoms with van der Waals surface area (Å²) >= 11 is 5.68. The second-order valence-electron chi connectivity index (χ2n) is 3.45. The minimum atomic E-state index is -5.61. The van der Waals surface area contributed by atoms with Gasteiger partial charge in [0.1, 0.15) is 6.10 Å². The van der Waals surface area contributed by atoms with E-state index < -0.39 is 21.7 Å².